The van der Waals surface area contributed by atoms with Crippen LogP contribution in [-0.4, -0.2) is 56.7 Å². The van der Waals surface area contributed by atoms with Gasteiger partial charge in [-0.2, -0.15) is 0 Å². The second-order valence-electron chi connectivity index (χ2n) is 8.01. The van der Waals surface area contributed by atoms with Gasteiger partial charge in [0.2, 0.25) is 0 Å². The summed E-state index contributed by atoms with van der Waals surface area (Å²) in [6.07, 6.45) is 1.48. The van der Waals surface area contributed by atoms with Crippen LogP contribution in [0.1, 0.15) is 36.2 Å². The first-order chi connectivity index (χ1) is 12.3. The number of hydrogen-bond acceptors (Lipinski definition) is 3. The summed E-state index contributed by atoms with van der Waals surface area (Å²) in [4.78, 5) is 17.9. The summed E-state index contributed by atoms with van der Waals surface area (Å²) >= 11 is 0. The number of benzene rings is 1. The van der Waals surface area contributed by atoms with Gasteiger partial charge >= 0.3 is 0 Å². The Morgan fingerprint density at radius 3 is 2.56 bits per heavy atom. The molecule has 3 atom stereocenters. The van der Waals surface area contributed by atoms with Crippen LogP contribution >= 0.6 is 24.0 Å². The number of halogens is 1. The fourth-order valence-electron chi connectivity index (χ4n) is 4.17. The Kier molecular flexibility index (Phi) is 7.13. The molecule has 1 amide bonds. The Balaban J connectivity index is 0.00000261. The predicted molar refractivity (Wildman–Crippen MR) is 119 cm³/mol. The summed E-state index contributed by atoms with van der Waals surface area (Å²) < 4.78 is 5.86. The second-order valence-corrected chi connectivity index (χ2v) is 8.01. The van der Waals surface area contributed by atoms with Gasteiger partial charge in [0.25, 0.3) is 5.91 Å². The molecule has 3 rings (SSSR count). The van der Waals surface area contributed by atoms with E-state index in [0.717, 1.165) is 24.6 Å². The van der Waals surface area contributed by atoms with E-state index >= 15 is 0 Å². The van der Waals surface area contributed by atoms with E-state index in [9.17, 15) is 4.79 Å². The molecule has 2 fully saturated rings. The highest BCUT2D eigenvalue weighted by Gasteiger charge is 2.59. The molecule has 150 valence electrons. The van der Waals surface area contributed by atoms with E-state index in [-0.39, 0.29) is 35.3 Å². The van der Waals surface area contributed by atoms with Gasteiger partial charge in [-0.15, -0.1) is 24.0 Å². The molecule has 1 saturated carbocycles. The number of nitrogens with zero attached hydrogens (tertiary/aromatic N) is 2. The Labute approximate surface area is 179 Å². The summed E-state index contributed by atoms with van der Waals surface area (Å²) in [6.45, 7) is 6.03. The van der Waals surface area contributed by atoms with Gasteiger partial charge in [-0.25, -0.2) is 0 Å². The Morgan fingerprint density at radius 1 is 1.30 bits per heavy atom. The highest BCUT2D eigenvalue weighted by atomic mass is 127. The van der Waals surface area contributed by atoms with Gasteiger partial charge in [-0.1, -0.05) is 26.0 Å². The van der Waals surface area contributed by atoms with Crippen molar-refractivity contribution in [3.05, 3.63) is 35.4 Å². The number of aliphatic imine (C=N–C) groups is 1. The minimum atomic E-state index is 0. The molecule has 1 aliphatic heterocycles. The SMILES string of the molecule is CN=C(NCc1ccc(C(=O)N(C)C)cc1)NC1C2CCOC2C1(C)C.I. The van der Waals surface area contributed by atoms with E-state index in [2.05, 4.69) is 29.5 Å². The van der Waals surface area contributed by atoms with Crippen molar-refractivity contribution < 1.29 is 9.53 Å². The zero-order valence-corrected chi connectivity index (χ0v) is 19.1. The second kappa shape index (κ2) is 8.77. The average Bonchev–Trinajstić information content (AvgIpc) is 3.08. The van der Waals surface area contributed by atoms with Crippen molar-refractivity contribution in [2.24, 2.45) is 16.3 Å². The molecule has 0 aromatic heterocycles. The van der Waals surface area contributed by atoms with Crippen molar-refractivity contribution in [3.63, 3.8) is 0 Å². The number of nitrogens with one attached hydrogen (secondary N) is 2. The molecule has 2 aliphatic rings. The van der Waals surface area contributed by atoms with Crippen molar-refractivity contribution in [1.82, 2.24) is 15.5 Å². The summed E-state index contributed by atoms with van der Waals surface area (Å²) in [7, 11) is 5.31. The van der Waals surface area contributed by atoms with Crippen LogP contribution < -0.4 is 10.6 Å². The minimum Gasteiger partial charge on any atom is -0.377 e. The van der Waals surface area contributed by atoms with Crippen LogP contribution in [0, 0.1) is 11.3 Å². The van der Waals surface area contributed by atoms with Crippen LogP contribution in [0.2, 0.25) is 0 Å². The molecule has 1 aromatic rings. The van der Waals surface area contributed by atoms with E-state index in [1.165, 1.54) is 0 Å². The zero-order chi connectivity index (χ0) is 18.9. The van der Waals surface area contributed by atoms with Gasteiger partial charge in [-0.3, -0.25) is 9.79 Å². The van der Waals surface area contributed by atoms with Crippen molar-refractivity contribution in [2.75, 3.05) is 27.7 Å². The minimum absolute atomic E-state index is 0. The molecule has 1 heterocycles. The first kappa shape index (κ1) is 21.9. The Morgan fingerprint density at radius 2 is 1.96 bits per heavy atom. The number of carbonyl (C=O) groups is 1. The lowest BCUT2D eigenvalue weighted by Crippen LogP contribution is -2.67. The number of guanidine groups is 1. The molecule has 1 aliphatic carbocycles. The van der Waals surface area contributed by atoms with Crippen molar-refractivity contribution >= 4 is 35.8 Å². The first-order valence-corrected chi connectivity index (χ1v) is 9.24. The monoisotopic (exact) mass is 486 g/mol. The lowest BCUT2D eigenvalue weighted by atomic mass is 9.57. The molecular formula is C20H31IN4O2. The van der Waals surface area contributed by atoms with Crippen LogP contribution in [0.4, 0.5) is 0 Å². The number of fused-ring (bicyclic) bond motifs is 1. The molecule has 0 bridgehead atoms. The van der Waals surface area contributed by atoms with Gasteiger partial charge in [-0.05, 0) is 24.1 Å². The maximum Gasteiger partial charge on any atom is 0.253 e. The van der Waals surface area contributed by atoms with E-state index < -0.39 is 0 Å². The smallest absolute Gasteiger partial charge is 0.253 e. The standard InChI is InChI=1S/C20H30N4O2.HI/c1-20(2)16(15-10-11-26-17(15)20)23-19(21-3)22-12-13-6-8-14(9-7-13)18(25)24(4)5;/h6-9,15-17H,10-12H2,1-5H3,(H2,21,22,23);1H. The van der Waals surface area contributed by atoms with Gasteiger partial charge in [0, 0.05) is 57.2 Å². The van der Waals surface area contributed by atoms with Crippen LogP contribution in [0.3, 0.4) is 0 Å². The topological polar surface area (TPSA) is 66.0 Å². The molecule has 3 unspecified atom stereocenters. The molecule has 7 heteroatoms. The number of hydrogen-bond donors (Lipinski definition) is 2. The van der Waals surface area contributed by atoms with Gasteiger partial charge in [0.1, 0.15) is 0 Å². The summed E-state index contributed by atoms with van der Waals surface area (Å²) in [5.74, 6) is 1.39. The Hall–Kier alpha value is -1.35. The average molecular weight is 486 g/mol. The van der Waals surface area contributed by atoms with Gasteiger partial charge < -0.3 is 20.3 Å². The fraction of sp³-hybridized carbons (Fsp3) is 0.600. The highest BCUT2D eigenvalue weighted by molar-refractivity contribution is 14.0. The number of amides is 1. The maximum atomic E-state index is 12.0. The zero-order valence-electron chi connectivity index (χ0n) is 16.8. The maximum absolute atomic E-state index is 12.0. The molecule has 1 saturated heterocycles. The van der Waals surface area contributed by atoms with E-state index in [1.807, 2.05) is 24.3 Å². The van der Waals surface area contributed by atoms with Crippen LogP contribution in [-0.2, 0) is 11.3 Å². The highest BCUT2D eigenvalue weighted by Crippen LogP contribution is 2.52. The molecule has 27 heavy (non-hydrogen) atoms. The summed E-state index contributed by atoms with van der Waals surface area (Å²) in [5, 5.41) is 6.95. The van der Waals surface area contributed by atoms with E-state index in [1.54, 1.807) is 26.0 Å². The fourth-order valence-corrected chi connectivity index (χ4v) is 4.17. The van der Waals surface area contributed by atoms with Crippen molar-refractivity contribution in [3.8, 4) is 0 Å². The summed E-state index contributed by atoms with van der Waals surface area (Å²) in [6, 6.07) is 8.06. The lowest BCUT2D eigenvalue weighted by Gasteiger charge is -2.54. The number of rotatable bonds is 4. The van der Waals surface area contributed by atoms with Crippen LogP contribution in [0.15, 0.2) is 29.3 Å². The molecule has 2 N–H and O–H groups in total. The molecule has 0 spiro atoms. The van der Waals surface area contributed by atoms with Crippen LogP contribution in [0.5, 0.6) is 0 Å². The third-order valence-corrected chi connectivity index (χ3v) is 5.68. The third kappa shape index (κ3) is 4.39. The van der Waals surface area contributed by atoms with Crippen molar-refractivity contribution in [1.29, 1.82) is 0 Å². The van der Waals surface area contributed by atoms with Gasteiger partial charge in [0.15, 0.2) is 5.96 Å². The Bertz CT molecular complexity index is 688. The lowest BCUT2D eigenvalue weighted by molar-refractivity contribution is -0.106. The van der Waals surface area contributed by atoms with E-state index in [4.69, 9.17) is 4.74 Å². The summed E-state index contributed by atoms with van der Waals surface area (Å²) in [5.41, 5.74) is 1.93. The van der Waals surface area contributed by atoms with Crippen molar-refractivity contribution in [2.45, 2.75) is 39.0 Å². The predicted octanol–water partition coefficient (Wildman–Crippen LogP) is 2.48. The van der Waals surface area contributed by atoms with E-state index in [0.29, 0.717) is 30.2 Å². The molecular weight excluding hydrogens is 455 g/mol. The molecule has 1 aromatic carbocycles. The number of ether oxygens (including phenoxy) is 1. The largest absolute Gasteiger partial charge is 0.377 e. The quantitative estimate of drug-likeness (QED) is 0.390. The number of carbonyl (C=O) groups excluding carboxylic acids is 1. The first-order valence-electron chi connectivity index (χ1n) is 9.24. The normalized spacial score (nSPS) is 25.7. The molecule has 0 radical (unpaired) electrons. The molecule has 6 nitrogen and oxygen atoms in total. The van der Waals surface area contributed by atoms with Gasteiger partial charge in [0.05, 0.1) is 6.10 Å². The van der Waals surface area contributed by atoms with Crippen LogP contribution in [0.25, 0.3) is 0 Å². The third-order valence-electron chi connectivity index (χ3n) is 5.68.